The highest BCUT2D eigenvalue weighted by Crippen LogP contribution is 2.20. The first-order chi connectivity index (χ1) is 5.68. The third kappa shape index (κ3) is 1.05. The molecule has 62 valence electrons. The minimum atomic E-state index is 0.374. The van der Waals surface area contributed by atoms with Crippen LogP contribution >= 0.6 is 27.5 Å². The van der Waals surface area contributed by atoms with Gasteiger partial charge in [-0.3, -0.25) is 0 Å². The molecule has 2 N–H and O–H groups in total. The molecule has 0 fully saturated rings. The number of imidazole rings is 1. The van der Waals surface area contributed by atoms with Crippen LogP contribution in [0.5, 0.6) is 0 Å². The largest absolute Gasteiger partial charge is 0.382 e. The van der Waals surface area contributed by atoms with E-state index in [1.54, 1.807) is 6.07 Å². The Kier molecular flexibility index (Phi) is 1.69. The molecular formula is C6H4BrClN4. The molecule has 0 atom stereocenters. The van der Waals surface area contributed by atoms with E-state index in [9.17, 15) is 0 Å². The topological polar surface area (TPSA) is 56.2 Å². The van der Waals surface area contributed by atoms with Gasteiger partial charge >= 0.3 is 0 Å². The molecule has 0 saturated carbocycles. The number of nitrogens with two attached hydrogens (primary N) is 1. The molecule has 0 aromatic carbocycles. The van der Waals surface area contributed by atoms with Gasteiger partial charge in [0.1, 0.15) is 5.82 Å². The van der Waals surface area contributed by atoms with Crippen molar-refractivity contribution in [2.24, 2.45) is 0 Å². The number of rotatable bonds is 0. The molecule has 0 bridgehead atoms. The first-order valence-corrected chi connectivity index (χ1v) is 4.31. The van der Waals surface area contributed by atoms with E-state index in [-0.39, 0.29) is 0 Å². The predicted octanol–water partition coefficient (Wildman–Crippen LogP) is 1.73. The lowest BCUT2D eigenvalue weighted by atomic mass is 10.6. The number of hydrogen-bond donors (Lipinski definition) is 1. The van der Waals surface area contributed by atoms with Gasteiger partial charge in [0.15, 0.2) is 10.8 Å². The van der Waals surface area contributed by atoms with Gasteiger partial charge in [0, 0.05) is 0 Å². The van der Waals surface area contributed by atoms with Gasteiger partial charge in [-0.15, -0.1) is 0 Å². The molecule has 0 unspecified atom stereocenters. The van der Waals surface area contributed by atoms with E-state index in [1.165, 1.54) is 10.7 Å². The fourth-order valence-corrected chi connectivity index (χ4v) is 1.72. The summed E-state index contributed by atoms with van der Waals surface area (Å²) in [6.45, 7) is 0. The summed E-state index contributed by atoms with van der Waals surface area (Å²) in [7, 11) is 0. The van der Waals surface area contributed by atoms with Crippen LogP contribution in [-0.2, 0) is 0 Å². The van der Waals surface area contributed by atoms with Crippen LogP contribution in [0, 0.1) is 0 Å². The molecule has 0 spiro atoms. The number of halogens is 2. The van der Waals surface area contributed by atoms with Crippen LogP contribution in [0.4, 0.5) is 5.82 Å². The molecule has 4 nitrogen and oxygen atoms in total. The number of nitrogen functional groups attached to an aromatic ring is 1. The number of aromatic nitrogens is 3. The number of hydrogen-bond acceptors (Lipinski definition) is 3. The molecule has 12 heavy (non-hydrogen) atoms. The van der Waals surface area contributed by atoms with Crippen LogP contribution in [0.15, 0.2) is 16.7 Å². The zero-order valence-electron chi connectivity index (χ0n) is 5.83. The average Bonchev–Trinajstić information content (AvgIpc) is 2.33. The van der Waals surface area contributed by atoms with E-state index in [0.717, 1.165) is 4.47 Å². The highest BCUT2D eigenvalue weighted by molar-refractivity contribution is 9.10. The van der Waals surface area contributed by atoms with Crippen molar-refractivity contribution in [2.45, 2.75) is 0 Å². The Bertz CT molecular complexity index is 438. The van der Waals surface area contributed by atoms with E-state index in [1.807, 2.05) is 0 Å². The number of fused-ring (bicyclic) bond motifs is 1. The van der Waals surface area contributed by atoms with E-state index in [2.05, 4.69) is 26.0 Å². The molecule has 0 amide bonds. The molecule has 6 heteroatoms. The Balaban J connectivity index is 2.92. The molecule has 0 saturated heterocycles. The lowest BCUT2D eigenvalue weighted by Gasteiger charge is -1.97. The summed E-state index contributed by atoms with van der Waals surface area (Å²) in [5.41, 5.74) is 6.24. The normalized spacial score (nSPS) is 10.8. The second-order valence-corrected chi connectivity index (χ2v) is 3.48. The maximum absolute atomic E-state index is 5.71. The standard InChI is InChI=1S/C6H4BrClN4/c7-3-1-4(8)11-12-5(9)2-10-6(3)12/h1-2H,9H2. The van der Waals surface area contributed by atoms with Gasteiger partial charge in [0.2, 0.25) is 0 Å². The Hall–Kier alpha value is -0.810. The van der Waals surface area contributed by atoms with Crippen LogP contribution in [0.2, 0.25) is 5.15 Å². The maximum atomic E-state index is 5.71. The fraction of sp³-hybridized carbons (Fsp3) is 0. The van der Waals surface area contributed by atoms with E-state index in [4.69, 9.17) is 17.3 Å². The third-order valence-corrected chi connectivity index (χ3v) is 2.19. The lowest BCUT2D eigenvalue weighted by Crippen LogP contribution is -1.97. The molecule has 2 aromatic heterocycles. The van der Waals surface area contributed by atoms with E-state index in [0.29, 0.717) is 16.6 Å². The molecule has 0 radical (unpaired) electrons. The van der Waals surface area contributed by atoms with Crippen LogP contribution in [0.25, 0.3) is 5.65 Å². The molecule has 0 aliphatic carbocycles. The number of nitrogens with zero attached hydrogens (tertiary/aromatic N) is 3. The van der Waals surface area contributed by atoms with Crippen LogP contribution < -0.4 is 5.73 Å². The van der Waals surface area contributed by atoms with Gasteiger partial charge < -0.3 is 5.73 Å². The first-order valence-electron chi connectivity index (χ1n) is 3.14. The highest BCUT2D eigenvalue weighted by atomic mass is 79.9. The summed E-state index contributed by atoms with van der Waals surface area (Å²) in [5, 5.41) is 4.33. The summed E-state index contributed by atoms with van der Waals surface area (Å²) in [4.78, 5) is 4.03. The Morgan fingerprint density at radius 3 is 3.08 bits per heavy atom. The Labute approximate surface area is 81.5 Å². The molecular weight excluding hydrogens is 243 g/mol. The Morgan fingerprint density at radius 2 is 2.33 bits per heavy atom. The van der Waals surface area contributed by atoms with Crippen LogP contribution in [0.1, 0.15) is 0 Å². The third-order valence-electron chi connectivity index (χ3n) is 1.42. The van der Waals surface area contributed by atoms with E-state index >= 15 is 0 Å². The molecule has 0 aliphatic heterocycles. The Morgan fingerprint density at radius 1 is 1.58 bits per heavy atom. The van der Waals surface area contributed by atoms with Gasteiger partial charge in [-0.25, -0.2) is 4.98 Å². The SMILES string of the molecule is Nc1cnc2c(Br)cc(Cl)nn12. The smallest absolute Gasteiger partial charge is 0.170 e. The van der Waals surface area contributed by atoms with E-state index < -0.39 is 0 Å². The van der Waals surface area contributed by atoms with Gasteiger partial charge in [0.05, 0.1) is 10.7 Å². The summed E-state index contributed by atoms with van der Waals surface area (Å²) in [6.07, 6.45) is 1.53. The van der Waals surface area contributed by atoms with Gasteiger partial charge in [-0.2, -0.15) is 9.61 Å². The minimum absolute atomic E-state index is 0.374. The van der Waals surface area contributed by atoms with Crippen molar-refractivity contribution in [2.75, 3.05) is 5.73 Å². The van der Waals surface area contributed by atoms with Crippen molar-refractivity contribution in [1.29, 1.82) is 0 Å². The average molecular weight is 247 g/mol. The van der Waals surface area contributed by atoms with Crippen molar-refractivity contribution in [3.63, 3.8) is 0 Å². The first kappa shape index (κ1) is 7.82. The molecule has 2 rings (SSSR count). The van der Waals surface area contributed by atoms with Gasteiger partial charge in [0.25, 0.3) is 0 Å². The van der Waals surface area contributed by atoms with Crippen LogP contribution in [-0.4, -0.2) is 14.6 Å². The quantitative estimate of drug-likeness (QED) is 0.771. The highest BCUT2D eigenvalue weighted by Gasteiger charge is 2.05. The summed E-state index contributed by atoms with van der Waals surface area (Å²) >= 11 is 9.01. The molecule has 2 aromatic rings. The van der Waals surface area contributed by atoms with Gasteiger partial charge in [-0.05, 0) is 22.0 Å². The fourth-order valence-electron chi connectivity index (χ4n) is 0.920. The minimum Gasteiger partial charge on any atom is -0.382 e. The van der Waals surface area contributed by atoms with Crippen molar-refractivity contribution in [1.82, 2.24) is 14.6 Å². The number of anilines is 1. The zero-order chi connectivity index (χ0) is 8.72. The second kappa shape index (κ2) is 2.60. The lowest BCUT2D eigenvalue weighted by molar-refractivity contribution is 0.942. The summed E-state index contributed by atoms with van der Waals surface area (Å²) in [5.74, 6) is 0.466. The van der Waals surface area contributed by atoms with Crippen molar-refractivity contribution < 1.29 is 0 Å². The zero-order valence-corrected chi connectivity index (χ0v) is 8.17. The van der Waals surface area contributed by atoms with Gasteiger partial charge in [-0.1, -0.05) is 11.6 Å². The predicted molar refractivity (Wildman–Crippen MR) is 50.1 cm³/mol. The maximum Gasteiger partial charge on any atom is 0.170 e. The summed E-state index contributed by atoms with van der Waals surface area (Å²) < 4.78 is 2.26. The van der Waals surface area contributed by atoms with Crippen molar-refractivity contribution in [3.8, 4) is 0 Å². The van der Waals surface area contributed by atoms with Crippen LogP contribution in [0.3, 0.4) is 0 Å². The monoisotopic (exact) mass is 246 g/mol. The molecule has 2 heterocycles. The van der Waals surface area contributed by atoms with Crippen molar-refractivity contribution >= 4 is 39.0 Å². The molecule has 0 aliphatic rings. The second-order valence-electron chi connectivity index (χ2n) is 2.23. The summed E-state index contributed by atoms with van der Waals surface area (Å²) in [6, 6.07) is 1.67. The van der Waals surface area contributed by atoms with Crippen molar-refractivity contribution in [3.05, 3.63) is 21.9 Å².